The molecule has 0 saturated carbocycles. The van der Waals surface area contributed by atoms with Gasteiger partial charge in [0, 0.05) is 4.88 Å². The van der Waals surface area contributed by atoms with E-state index in [0.29, 0.717) is 10.6 Å². The summed E-state index contributed by atoms with van der Waals surface area (Å²) in [6.07, 6.45) is 5.70. The SMILES string of the molecule is N#Cc1c(NC(=O)CO/N=C/c2ccccc2)sc2c1CCCC2. The summed E-state index contributed by atoms with van der Waals surface area (Å²) in [4.78, 5) is 18.2. The minimum Gasteiger partial charge on any atom is -0.386 e. The molecule has 1 aromatic carbocycles. The summed E-state index contributed by atoms with van der Waals surface area (Å²) in [5.74, 6) is -0.310. The number of anilines is 1. The van der Waals surface area contributed by atoms with E-state index >= 15 is 0 Å². The van der Waals surface area contributed by atoms with Crippen LogP contribution in [0.1, 0.15) is 34.4 Å². The molecule has 0 aliphatic heterocycles. The number of nitrogens with one attached hydrogen (secondary N) is 1. The highest BCUT2D eigenvalue weighted by atomic mass is 32.1. The highest BCUT2D eigenvalue weighted by molar-refractivity contribution is 7.16. The number of hydrogen-bond acceptors (Lipinski definition) is 5. The molecule has 1 aromatic heterocycles. The van der Waals surface area contributed by atoms with Gasteiger partial charge in [0.1, 0.15) is 11.1 Å². The van der Waals surface area contributed by atoms with Crippen LogP contribution in [0.4, 0.5) is 5.00 Å². The van der Waals surface area contributed by atoms with Crippen molar-refractivity contribution in [3.8, 4) is 6.07 Å². The van der Waals surface area contributed by atoms with Gasteiger partial charge >= 0.3 is 0 Å². The van der Waals surface area contributed by atoms with Crippen molar-refractivity contribution in [3.05, 3.63) is 51.9 Å². The third kappa shape index (κ3) is 3.81. The van der Waals surface area contributed by atoms with Gasteiger partial charge in [0.15, 0.2) is 6.61 Å². The number of carbonyl (C=O) groups is 1. The summed E-state index contributed by atoms with van der Waals surface area (Å²) in [5, 5.41) is 16.6. The Morgan fingerprint density at radius 3 is 2.92 bits per heavy atom. The molecule has 0 bridgehead atoms. The fraction of sp³-hybridized carbons (Fsp3) is 0.278. The molecule has 3 rings (SSSR count). The molecule has 1 aliphatic rings. The van der Waals surface area contributed by atoms with Crippen molar-refractivity contribution in [2.45, 2.75) is 25.7 Å². The van der Waals surface area contributed by atoms with E-state index in [1.165, 1.54) is 16.2 Å². The minimum absolute atomic E-state index is 0.184. The lowest BCUT2D eigenvalue weighted by atomic mass is 9.96. The van der Waals surface area contributed by atoms with Crippen molar-refractivity contribution < 1.29 is 9.63 Å². The standard InChI is InChI=1S/C18H17N3O2S/c19-10-15-14-8-4-5-9-16(14)24-18(15)21-17(22)12-23-20-11-13-6-2-1-3-7-13/h1-3,6-7,11H,4-5,8-9,12H2,(H,21,22)/b20-11+. The maximum absolute atomic E-state index is 12.0. The Hall–Kier alpha value is -2.65. The predicted molar refractivity (Wildman–Crippen MR) is 94.3 cm³/mol. The van der Waals surface area contributed by atoms with Gasteiger partial charge in [0.25, 0.3) is 5.91 Å². The molecule has 0 atom stereocenters. The van der Waals surface area contributed by atoms with Crippen LogP contribution in [0.3, 0.4) is 0 Å². The van der Waals surface area contributed by atoms with Crippen LogP contribution < -0.4 is 5.32 Å². The van der Waals surface area contributed by atoms with Gasteiger partial charge in [-0.05, 0) is 36.8 Å². The van der Waals surface area contributed by atoms with Gasteiger partial charge < -0.3 is 10.2 Å². The van der Waals surface area contributed by atoms with Crippen LogP contribution >= 0.6 is 11.3 Å². The first-order valence-electron chi connectivity index (χ1n) is 7.83. The molecule has 2 aromatic rings. The molecule has 0 spiro atoms. The van der Waals surface area contributed by atoms with Crippen LogP contribution in [-0.2, 0) is 22.5 Å². The van der Waals surface area contributed by atoms with Crippen molar-refractivity contribution in [2.75, 3.05) is 11.9 Å². The average molecular weight is 339 g/mol. The topological polar surface area (TPSA) is 74.5 Å². The zero-order chi connectivity index (χ0) is 16.8. The van der Waals surface area contributed by atoms with Gasteiger partial charge in [-0.2, -0.15) is 5.26 Å². The van der Waals surface area contributed by atoms with E-state index in [1.807, 2.05) is 30.3 Å². The smallest absolute Gasteiger partial charge is 0.265 e. The lowest BCUT2D eigenvalue weighted by molar-refractivity contribution is -0.120. The molecule has 122 valence electrons. The first-order valence-corrected chi connectivity index (χ1v) is 8.64. The average Bonchev–Trinajstić information content (AvgIpc) is 2.96. The largest absolute Gasteiger partial charge is 0.386 e. The van der Waals surface area contributed by atoms with Gasteiger partial charge in [-0.15, -0.1) is 11.3 Å². The zero-order valence-electron chi connectivity index (χ0n) is 13.1. The van der Waals surface area contributed by atoms with Crippen molar-refractivity contribution in [2.24, 2.45) is 5.16 Å². The molecule has 0 unspecified atom stereocenters. The summed E-state index contributed by atoms with van der Waals surface area (Å²) in [6, 6.07) is 11.7. The zero-order valence-corrected chi connectivity index (χ0v) is 13.9. The molecule has 1 N–H and O–H groups in total. The predicted octanol–water partition coefficient (Wildman–Crippen LogP) is 3.49. The van der Waals surface area contributed by atoms with E-state index in [4.69, 9.17) is 4.84 Å². The normalized spacial score (nSPS) is 13.3. The first-order chi connectivity index (χ1) is 11.8. The Kier molecular flexibility index (Phi) is 5.24. The summed E-state index contributed by atoms with van der Waals surface area (Å²) in [7, 11) is 0. The highest BCUT2D eigenvalue weighted by Gasteiger charge is 2.21. The number of nitrogens with zero attached hydrogens (tertiary/aromatic N) is 2. The van der Waals surface area contributed by atoms with Gasteiger partial charge in [0.05, 0.1) is 11.8 Å². The molecular formula is C18H17N3O2S. The summed E-state index contributed by atoms with van der Waals surface area (Å²) in [5.41, 5.74) is 2.61. The number of oxime groups is 1. The van der Waals surface area contributed by atoms with Gasteiger partial charge in [-0.1, -0.05) is 35.5 Å². The number of aryl methyl sites for hydroxylation is 1. The minimum atomic E-state index is -0.310. The molecule has 1 amide bonds. The number of nitriles is 1. The molecule has 24 heavy (non-hydrogen) atoms. The number of benzene rings is 1. The second kappa shape index (κ2) is 7.75. The third-order valence-corrected chi connectivity index (χ3v) is 5.01. The second-order valence-electron chi connectivity index (χ2n) is 5.49. The number of thiophene rings is 1. The van der Waals surface area contributed by atoms with Gasteiger partial charge in [0.2, 0.25) is 0 Å². The number of amides is 1. The van der Waals surface area contributed by atoms with Gasteiger partial charge in [-0.3, -0.25) is 4.79 Å². The summed E-state index contributed by atoms with van der Waals surface area (Å²) >= 11 is 1.50. The number of fused-ring (bicyclic) bond motifs is 1. The molecule has 5 nitrogen and oxygen atoms in total. The third-order valence-electron chi connectivity index (χ3n) is 3.81. The summed E-state index contributed by atoms with van der Waals surface area (Å²) < 4.78 is 0. The van der Waals surface area contributed by atoms with Crippen LogP contribution in [0, 0.1) is 11.3 Å². The Morgan fingerprint density at radius 1 is 1.33 bits per heavy atom. The molecular weight excluding hydrogens is 322 g/mol. The number of rotatable bonds is 5. The maximum Gasteiger partial charge on any atom is 0.265 e. The van der Waals surface area contributed by atoms with Crippen molar-refractivity contribution in [1.82, 2.24) is 0 Å². The Balaban J connectivity index is 1.57. The molecule has 1 aliphatic carbocycles. The molecule has 0 radical (unpaired) electrons. The number of hydrogen-bond donors (Lipinski definition) is 1. The lowest BCUT2D eigenvalue weighted by Crippen LogP contribution is -2.17. The van der Waals surface area contributed by atoms with Crippen molar-refractivity contribution in [3.63, 3.8) is 0 Å². The number of carbonyl (C=O) groups excluding carboxylic acids is 1. The van der Waals surface area contributed by atoms with E-state index in [1.54, 1.807) is 6.21 Å². The highest BCUT2D eigenvalue weighted by Crippen LogP contribution is 2.37. The van der Waals surface area contributed by atoms with E-state index in [-0.39, 0.29) is 12.5 Å². The van der Waals surface area contributed by atoms with Gasteiger partial charge in [-0.25, -0.2) is 0 Å². The van der Waals surface area contributed by atoms with Crippen molar-refractivity contribution in [1.29, 1.82) is 5.26 Å². The van der Waals surface area contributed by atoms with E-state index in [0.717, 1.165) is 36.8 Å². The quantitative estimate of drug-likeness (QED) is 0.669. The molecule has 6 heteroatoms. The van der Waals surface area contributed by atoms with Crippen LogP contribution in [0.2, 0.25) is 0 Å². The molecule has 1 heterocycles. The maximum atomic E-state index is 12.0. The molecule has 0 saturated heterocycles. The Labute approximate surface area is 144 Å². The van der Waals surface area contributed by atoms with Crippen molar-refractivity contribution >= 4 is 28.5 Å². The summed E-state index contributed by atoms with van der Waals surface area (Å²) in [6.45, 7) is -0.184. The van der Waals surface area contributed by atoms with Crippen LogP contribution in [0.5, 0.6) is 0 Å². The van der Waals surface area contributed by atoms with Crippen LogP contribution in [0.15, 0.2) is 35.5 Å². The lowest BCUT2D eigenvalue weighted by Gasteiger charge is -2.09. The molecule has 0 fully saturated rings. The van der Waals surface area contributed by atoms with E-state index in [9.17, 15) is 10.1 Å². The fourth-order valence-electron chi connectivity index (χ4n) is 2.67. The monoisotopic (exact) mass is 339 g/mol. The van der Waals surface area contributed by atoms with E-state index < -0.39 is 0 Å². The van der Waals surface area contributed by atoms with Crippen LogP contribution in [0.25, 0.3) is 0 Å². The Morgan fingerprint density at radius 2 is 2.12 bits per heavy atom. The fourth-order valence-corrected chi connectivity index (χ4v) is 3.92. The second-order valence-corrected chi connectivity index (χ2v) is 6.60. The van der Waals surface area contributed by atoms with Crippen LogP contribution in [-0.4, -0.2) is 18.7 Å². The van der Waals surface area contributed by atoms with E-state index in [2.05, 4.69) is 16.5 Å². The first kappa shape index (κ1) is 16.2. The Bertz CT molecular complexity index is 791.